The van der Waals surface area contributed by atoms with E-state index in [0.29, 0.717) is 6.54 Å². The number of aryl methyl sites for hydroxylation is 1. The molecule has 0 aliphatic rings. The molecule has 0 aliphatic carbocycles. The summed E-state index contributed by atoms with van der Waals surface area (Å²) in [5, 5.41) is 0. The molecule has 0 radical (unpaired) electrons. The molecule has 2 aromatic carbocycles. The number of hydrogen-bond acceptors (Lipinski definition) is 2. The first-order chi connectivity index (χ1) is 11.2. The summed E-state index contributed by atoms with van der Waals surface area (Å²) >= 11 is 0. The van der Waals surface area contributed by atoms with Crippen molar-refractivity contribution in [2.24, 2.45) is 7.05 Å². The maximum atomic E-state index is 12.4. The van der Waals surface area contributed by atoms with Gasteiger partial charge in [0.2, 0.25) is 0 Å². The smallest absolute Gasteiger partial charge is 0.133 e. The second kappa shape index (κ2) is 6.65. The number of hydrogen-bond donors (Lipinski definition) is 0. The number of benzene rings is 2. The van der Waals surface area contributed by atoms with Gasteiger partial charge < -0.3 is 9.47 Å². The lowest BCUT2D eigenvalue weighted by Crippen LogP contribution is -2.19. The van der Waals surface area contributed by atoms with E-state index in [1.54, 1.807) is 0 Å². The van der Waals surface area contributed by atoms with Gasteiger partial charge in [-0.2, -0.15) is 0 Å². The SMILES string of the molecule is CN(CCF)c1ccc(/C=C\c2nc3ccccc3n2C)cc1. The first-order valence-corrected chi connectivity index (χ1v) is 7.66. The molecule has 3 rings (SSSR count). The monoisotopic (exact) mass is 309 g/mol. The van der Waals surface area contributed by atoms with Gasteiger partial charge in [-0.05, 0) is 35.9 Å². The van der Waals surface area contributed by atoms with Crippen LogP contribution in [0.1, 0.15) is 11.4 Å². The third kappa shape index (κ3) is 3.26. The van der Waals surface area contributed by atoms with Crippen LogP contribution in [0, 0.1) is 0 Å². The van der Waals surface area contributed by atoms with Crippen LogP contribution >= 0.6 is 0 Å². The Balaban J connectivity index is 1.80. The van der Waals surface area contributed by atoms with E-state index >= 15 is 0 Å². The summed E-state index contributed by atoms with van der Waals surface area (Å²) < 4.78 is 14.5. The van der Waals surface area contributed by atoms with E-state index in [1.165, 1.54) is 0 Å². The van der Waals surface area contributed by atoms with Crippen LogP contribution in [0.25, 0.3) is 23.2 Å². The summed E-state index contributed by atoms with van der Waals surface area (Å²) in [7, 11) is 3.91. The Labute approximate surface area is 135 Å². The van der Waals surface area contributed by atoms with Gasteiger partial charge >= 0.3 is 0 Å². The molecule has 23 heavy (non-hydrogen) atoms. The zero-order valence-electron chi connectivity index (χ0n) is 13.4. The van der Waals surface area contributed by atoms with Crippen molar-refractivity contribution in [3.63, 3.8) is 0 Å². The quantitative estimate of drug-likeness (QED) is 0.706. The van der Waals surface area contributed by atoms with Gasteiger partial charge in [-0.15, -0.1) is 0 Å². The molecule has 0 fully saturated rings. The lowest BCUT2D eigenvalue weighted by atomic mass is 10.2. The molecule has 0 bridgehead atoms. The summed E-state index contributed by atoms with van der Waals surface area (Å²) in [6.07, 6.45) is 4.06. The van der Waals surface area contributed by atoms with E-state index in [2.05, 4.69) is 15.6 Å². The fraction of sp³-hybridized carbons (Fsp3) is 0.211. The van der Waals surface area contributed by atoms with Gasteiger partial charge in [0.15, 0.2) is 0 Å². The van der Waals surface area contributed by atoms with Gasteiger partial charge in [-0.1, -0.05) is 30.3 Å². The van der Waals surface area contributed by atoms with Crippen LogP contribution in [0.4, 0.5) is 10.1 Å². The number of alkyl halides is 1. The third-order valence-electron chi connectivity index (χ3n) is 4.00. The van der Waals surface area contributed by atoms with Crippen LogP contribution < -0.4 is 4.90 Å². The third-order valence-corrected chi connectivity index (χ3v) is 4.00. The number of fused-ring (bicyclic) bond motifs is 1. The van der Waals surface area contributed by atoms with Gasteiger partial charge in [0.1, 0.15) is 12.5 Å². The van der Waals surface area contributed by atoms with Crippen LogP contribution in [0.15, 0.2) is 48.5 Å². The van der Waals surface area contributed by atoms with E-state index < -0.39 is 0 Å². The number of imidazole rings is 1. The lowest BCUT2D eigenvalue weighted by molar-refractivity contribution is 0.497. The Morgan fingerprint density at radius 3 is 2.52 bits per heavy atom. The summed E-state index contributed by atoms with van der Waals surface area (Å²) in [5.41, 5.74) is 4.23. The Kier molecular flexibility index (Phi) is 4.42. The van der Waals surface area contributed by atoms with E-state index in [0.717, 1.165) is 28.1 Å². The van der Waals surface area contributed by atoms with E-state index in [4.69, 9.17) is 0 Å². The normalized spacial score (nSPS) is 11.4. The average Bonchev–Trinajstić information content (AvgIpc) is 2.90. The molecule has 0 atom stereocenters. The fourth-order valence-electron chi connectivity index (χ4n) is 2.58. The van der Waals surface area contributed by atoms with Gasteiger partial charge in [-0.3, -0.25) is 0 Å². The van der Waals surface area contributed by atoms with Crippen LogP contribution in [0.2, 0.25) is 0 Å². The van der Waals surface area contributed by atoms with Crippen LogP contribution in [0.5, 0.6) is 0 Å². The Morgan fingerprint density at radius 1 is 1.09 bits per heavy atom. The Hall–Kier alpha value is -2.62. The Bertz CT molecular complexity index is 818. The molecule has 1 aromatic heterocycles. The molecule has 1 heterocycles. The number of para-hydroxylation sites is 2. The molecule has 0 amide bonds. The zero-order chi connectivity index (χ0) is 16.2. The predicted molar refractivity (Wildman–Crippen MR) is 95.3 cm³/mol. The molecular weight excluding hydrogens is 289 g/mol. The fourth-order valence-corrected chi connectivity index (χ4v) is 2.58. The number of rotatable bonds is 5. The molecule has 118 valence electrons. The predicted octanol–water partition coefficient (Wildman–Crippen LogP) is 4.15. The molecule has 0 aliphatic heterocycles. The van der Waals surface area contributed by atoms with Crippen molar-refractivity contribution in [2.75, 3.05) is 25.2 Å². The highest BCUT2D eigenvalue weighted by Gasteiger charge is 2.04. The van der Waals surface area contributed by atoms with Crippen LogP contribution in [0.3, 0.4) is 0 Å². The molecule has 0 saturated heterocycles. The summed E-state index contributed by atoms with van der Waals surface area (Å²) in [6.45, 7) is 0.0694. The Morgan fingerprint density at radius 2 is 1.83 bits per heavy atom. The van der Waals surface area contributed by atoms with Crippen LogP contribution in [-0.2, 0) is 7.05 Å². The van der Waals surface area contributed by atoms with Gasteiger partial charge in [-0.25, -0.2) is 9.37 Å². The summed E-state index contributed by atoms with van der Waals surface area (Å²) in [4.78, 5) is 6.53. The molecule has 0 unspecified atom stereocenters. The zero-order valence-corrected chi connectivity index (χ0v) is 13.4. The second-order valence-electron chi connectivity index (χ2n) is 5.55. The topological polar surface area (TPSA) is 21.1 Å². The van der Waals surface area contributed by atoms with Crippen LogP contribution in [-0.4, -0.2) is 29.8 Å². The molecule has 3 nitrogen and oxygen atoms in total. The van der Waals surface area contributed by atoms with Crippen molar-refractivity contribution in [3.8, 4) is 0 Å². The van der Waals surface area contributed by atoms with Gasteiger partial charge in [0.05, 0.1) is 11.0 Å². The first kappa shape index (κ1) is 15.3. The summed E-state index contributed by atoms with van der Waals surface area (Å²) in [6, 6.07) is 16.2. The minimum absolute atomic E-state index is 0.342. The van der Waals surface area contributed by atoms with E-state index in [1.807, 2.05) is 73.6 Å². The number of anilines is 1. The van der Waals surface area contributed by atoms with E-state index in [-0.39, 0.29) is 6.67 Å². The standard InChI is InChI=1S/C19H20FN3/c1-22(14-13-20)16-10-7-15(8-11-16)9-12-19-21-17-5-3-4-6-18(17)23(19)2/h3-12H,13-14H2,1-2H3/b12-9-. The minimum Gasteiger partial charge on any atom is -0.372 e. The maximum Gasteiger partial charge on any atom is 0.133 e. The second-order valence-corrected chi connectivity index (χ2v) is 5.55. The highest BCUT2D eigenvalue weighted by Crippen LogP contribution is 2.18. The van der Waals surface area contributed by atoms with Crippen molar-refractivity contribution in [1.82, 2.24) is 9.55 Å². The van der Waals surface area contributed by atoms with Crippen molar-refractivity contribution in [2.45, 2.75) is 0 Å². The van der Waals surface area contributed by atoms with Gasteiger partial charge in [0, 0.05) is 26.3 Å². The van der Waals surface area contributed by atoms with Crippen molar-refractivity contribution in [3.05, 3.63) is 59.9 Å². The molecule has 0 spiro atoms. The van der Waals surface area contributed by atoms with Gasteiger partial charge in [0.25, 0.3) is 0 Å². The van der Waals surface area contributed by atoms with Crippen molar-refractivity contribution in [1.29, 1.82) is 0 Å². The van der Waals surface area contributed by atoms with Crippen molar-refractivity contribution < 1.29 is 4.39 Å². The number of halogens is 1. The molecule has 3 aromatic rings. The molecule has 0 N–H and O–H groups in total. The highest BCUT2D eigenvalue weighted by atomic mass is 19.1. The maximum absolute atomic E-state index is 12.4. The highest BCUT2D eigenvalue weighted by molar-refractivity contribution is 5.79. The minimum atomic E-state index is -0.342. The average molecular weight is 309 g/mol. The van der Waals surface area contributed by atoms with Crippen molar-refractivity contribution >= 4 is 28.9 Å². The largest absolute Gasteiger partial charge is 0.372 e. The first-order valence-electron chi connectivity index (χ1n) is 7.66. The number of aromatic nitrogens is 2. The molecular formula is C19H20FN3. The van der Waals surface area contributed by atoms with E-state index in [9.17, 15) is 4.39 Å². The summed E-state index contributed by atoms with van der Waals surface area (Å²) in [5.74, 6) is 0.921. The lowest BCUT2D eigenvalue weighted by Gasteiger charge is -2.17. The molecule has 4 heteroatoms. The number of nitrogens with zero attached hydrogens (tertiary/aromatic N) is 3. The molecule has 0 saturated carbocycles.